The number of amides is 1. The monoisotopic (exact) mass is 514 g/mol. The maximum Gasteiger partial charge on any atom is 0.227 e. The van der Waals surface area contributed by atoms with Crippen LogP contribution in [-0.2, 0) is 30.7 Å². The minimum atomic E-state index is 0.164. The third-order valence-electron chi connectivity index (χ3n) is 7.75. The first kappa shape index (κ1) is 25.9. The lowest BCUT2D eigenvalue weighted by Crippen LogP contribution is -2.45. The average Bonchev–Trinajstić information content (AvgIpc) is 2.96. The summed E-state index contributed by atoms with van der Waals surface area (Å²) < 4.78 is 11.1. The highest BCUT2D eigenvalue weighted by Gasteiger charge is 2.28. The SMILES string of the molecule is COc1ccccc1CNc1ccc(CC(=O)N2CCc3c(OC)ccc(N4CCN(C)CC4)c3C2)cc1. The van der Waals surface area contributed by atoms with Crippen LogP contribution in [0.2, 0.25) is 0 Å². The number of rotatable bonds is 8. The van der Waals surface area contributed by atoms with E-state index in [-0.39, 0.29) is 5.91 Å². The molecule has 3 aromatic rings. The van der Waals surface area contributed by atoms with Crippen molar-refractivity contribution in [2.75, 3.05) is 64.2 Å². The number of benzene rings is 3. The molecule has 1 saturated heterocycles. The molecule has 0 atom stereocenters. The zero-order valence-electron chi connectivity index (χ0n) is 22.7. The predicted molar refractivity (Wildman–Crippen MR) is 152 cm³/mol. The molecule has 0 spiro atoms. The third-order valence-corrected chi connectivity index (χ3v) is 7.75. The molecular weight excluding hydrogens is 476 g/mol. The fourth-order valence-corrected chi connectivity index (χ4v) is 5.45. The highest BCUT2D eigenvalue weighted by atomic mass is 16.5. The summed E-state index contributed by atoms with van der Waals surface area (Å²) in [4.78, 5) is 20.2. The molecule has 2 aliphatic rings. The Balaban J connectivity index is 1.23. The van der Waals surface area contributed by atoms with Crippen LogP contribution >= 0.6 is 0 Å². The van der Waals surface area contributed by atoms with Gasteiger partial charge in [0.1, 0.15) is 11.5 Å². The largest absolute Gasteiger partial charge is 0.496 e. The molecule has 0 radical (unpaired) electrons. The Bertz CT molecular complexity index is 1250. The molecule has 0 unspecified atom stereocenters. The number of ether oxygens (including phenoxy) is 2. The summed E-state index contributed by atoms with van der Waals surface area (Å²) in [6.07, 6.45) is 1.22. The van der Waals surface area contributed by atoms with Crippen LogP contribution in [0.4, 0.5) is 11.4 Å². The van der Waals surface area contributed by atoms with Gasteiger partial charge in [0.2, 0.25) is 5.91 Å². The Labute approximate surface area is 225 Å². The lowest BCUT2D eigenvalue weighted by Gasteiger charge is -2.38. The van der Waals surface area contributed by atoms with Gasteiger partial charge in [-0.15, -0.1) is 0 Å². The van der Waals surface area contributed by atoms with Crippen molar-refractivity contribution < 1.29 is 14.3 Å². The summed E-state index contributed by atoms with van der Waals surface area (Å²) in [7, 11) is 5.59. The van der Waals surface area contributed by atoms with Crippen LogP contribution in [0.15, 0.2) is 60.7 Å². The molecule has 200 valence electrons. The van der Waals surface area contributed by atoms with Crippen LogP contribution in [0.1, 0.15) is 22.3 Å². The maximum absolute atomic E-state index is 13.4. The van der Waals surface area contributed by atoms with Gasteiger partial charge in [-0.2, -0.15) is 0 Å². The maximum atomic E-state index is 13.4. The molecule has 3 aromatic carbocycles. The van der Waals surface area contributed by atoms with Crippen molar-refractivity contribution in [2.24, 2.45) is 0 Å². The zero-order valence-corrected chi connectivity index (χ0v) is 22.7. The summed E-state index contributed by atoms with van der Waals surface area (Å²) in [5.41, 5.74) is 6.88. The van der Waals surface area contributed by atoms with Gasteiger partial charge in [-0.3, -0.25) is 4.79 Å². The molecule has 1 N–H and O–H groups in total. The summed E-state index contributed by atoms with van der Waals surface area (Å²) in [6, 6.07) is 20.4. The summed E-state index contributed by atoms with van der Waals surface area (Å²) >= 11 is 0. The topological polar surface area (TPSA) is 57.3 Å². The van der Waals surface area contributed by atoms with Crippen molar-refractivity contribution in [1.82, 2.24) is 9.80 Å². The number of likely N-dealkylation sites (N-methyl/N-ethyl adjacent to an activating group) is 1. The molecule has 0 bridgehead atoms. The highest BCUT2D eigenvalue weighted by molar-refractivity contribution is 5.80. The van der Waals surface area contributed by atoms with Crippen LogP contribution in [0, 0.1) is 0 Å². The summed E-state index contributed by atoms with van der Waals surface area (Å²) in [6.45, 7) is 6.12. The molecule has 7 nitrogen and oxygen atoms in total. The summed E-state index contributed by atoms with van der Waals surface area (Å²) in [5.74, 6) is 1.97. The number of nitrogens with zero attached hydrogens (tertiary/aromatic N) is 3. The number of para-hydroxylation sites is 1. The van der Waals surface area contributed by atoms with Gasteiger partial charge in [0.15, 0.2) is 0 Å². The van der Waals surface area contributed by atoms with Gasteiger partial charge in [0, 0.05) is 73.9 Å². The van der Waals surface area contributed by atoms with Gasteiger partial charge in [0.25, 0.3) is 0 Å². The van der Waals surface area contributed by atoms with Crippen LogP contribution in [0.25, 0.3) is 0 Å². The van der Waals surface area contributed by atoms with E-state index in [2.05, 4.69) is 40.4 Å². The number of methoxy groups -OCH3 is 2. The number of carbonyl (C=O) groups is 1. The first-order chi connectivity index (χ1) is 18.6. The standard InChI is InChI=1S/C31H38N4O3/c1-33-16-18-34(19-17-33)28-12-13-30(38-3)26-14-15-35(22-27(26)28)31(36)20-23-8-10-25(11-9-23)32-21-24-6-4-5-7-29(24)37-2/h4-13,32H,14-22H2,1-3H3. The van der Waals surface area contributed by atoms with Gasteiger partial charge in [-0.25, -0.2) is 0 Å². The fraction of sp³-hybridized carbons (Fsp3) is 0.387. The third kappa shape index (κ3) is 5.73. The molecule has 0 saturated carbocycles. The first-order valence-corrected chi connectivity index (χ1v) is 13.4. The normalized spacial score (nSPS) is 15.7. The molecule has 0 aromatic heterocycles. The van der Waals surface area contributed by atoms with Crippen LogP contribution in [-0.4, -0.2) is 69.7 Å². The average molecular weight is 515 g/mol. The highest BCUT2D eigenvalue weighted by Crippen LogP contribution is 2.36. The Morgan fingerprint density at radius 2 is 1.58 bits per heavy atom. The van der Waals surface area contributed by atoms with Crippen LogP contribution < -0.4 is 19.7 Å². The van der Waals surface area contributed by atoms with Crippen molar-refractivity contribution in [1.29, 1.82) is 0 Å². The number of fused-ring (bicyclic) bond motifs is 1. The van der Waals surface area contributed by atoms with Crippen LogP contribution in [0.3, 0.4) is 0 Å². The Hall–Kier alpha value is -3.71. The number of carbonyl (C=O) groups excluding carboxylic acids is 1. The quantitative estimate of drug-likeness (QED) is 0.487. The molecule has 7 heteroatoms. The second-order valence-electron chi connectivity index (χ2n) is 10.1. The van der Waals surface area contributed by atoms with Crippen LogP contribution in [0.5, 0.6) is 11.5 Å². The van der Waals surface area contributed by atoms with E-state index >= 15 is 0 Å². The van der Waals surface area contributed by atoms with Crippen molar-refractivity contribution in [2.45, 2.75) is 25.9 Å². The van der Waals surface area contributed by atoms with E-state index in [9.17, 15) is 4.79 Å². The van der Waals surface area contributed by atoms with E-state index in [1.165, 1.54) is 16.8 Å². The molecule has 2 heterocycles. The molecular formula is C31H38N4O3. The number of hydrogen-bond acceptors (Lipinski definition) is 6. The molecule has 1 amide bonds. The molecule has 5 rings (SSSR count). The Kier molecular flexibility index (Phi) is 8.03. The minimum absolute atomic E-state index is 0.164. The number of hydrogen-bond donors (Lipinski definition) is 1. The van der Waals surface area contributed by atoms with E-state index in [4.69, 9.17) is 9.47 Å². The van der Waals surface area contributed by atoms with Gasteiger partial charge in [0.05, 0.1) is 20.6 Å². The van der Waals surface area contributed by atoms with E-state index < -0.39 is 0 Å². The lowest BCUT2D eigenvalue weighted by molar-refractivity contribution is -0.131. The van der Waals surface area contributed by atoms with Crippen molar-refractivity contribution in [3.05, 3.63) is 82.9 Å². The van der Waals surface area contributed by atoms with E-state index in [1.807, 2.05) is 47.4 Å². The van der Waals surface area contributed by atoms with Gasteiger partial charge in [-0.05, 0) is 49.4 Å². The Morgan fingerprint density at radius 3 is 2.32 bits per heavy atom. The lowest BCUT2D eigenvalue weighted by atomic mass is 9.95. The van der Waals surface area contributed by atoms with Gasteiger partial charge in [-0.1, -0.05) is 30.3 Å². The van der Waals surface area contributed by atoms with E-state index in [0.29, 0.717) is 26.1 Å². The van der Waals surface area contributed by atoms with E-state index in [0.717, 1.165) is 60.9 Å². The van der Waals surface area contributed by atoms with Crippen molar-refractivity contribution >= 4 is 17.3 Å². The molecule has 1 fully saturated rings. The fourth-order valence-electron chi connectivity index (χ4n) is 5.45. The second kappa shape index (κ2) is 11.8. The first-order valence-electron chi connectivity index (χ1n) is 13.4. The predicted octanol–water partition coefficient (Wildman–Crippen LogP) is 4.20. The van der Waals surface area contributed by atoms with Crippen molar-refractivity contribution in [3.63, 3.8) is 0 Å². The number of piperazine rings is 1. The van der Waals surface area contributed by atoms with Gasteiger partial charge < -0.3 is 29.5 Å². The van der Waals surface area contributed by atoms with Gasteiger partial charge >= 0.3 is 0 Å². The number of anilines is 2. The minimum Gasteiger partial charge on any atom is -0.496 e. The molecule has 0 aliphatic carbocycles. The molecule has 2 aliphatic heterocycles. The smallest absolute Gasteiger partial charge is 0.227 e. The summed E-state index contributed by atoms with van der Waals surface area (Å²) in [5, 5.41) is 3.45. The molecule has 38 heavy (non-hydrogen) atoms. The second-order valence-corrected chi connectivity index (χ2v) is 10.1. The zero-order chi connectivity index (χ0) is 26.5. The number of nitrogens with one attached hydrogen (secondary N) is 1. The van der Waals surface area contributed by atoms with Crippen molar-refractivity contribution in [3.8, 4) is 11.5 Å². The Morgan fingerprint density at radius 1 is 0.842 bits per heavy atom. The van der Waals surface area contributed by atoms with E-state index in [1.54, 1.807) is 14.2 Å².